The highest BCUT2D eigenvalue weighted by molar-refractivity contribution is 5.85. The molecule has 0 aliphatic heterocycles. The van der Waals surface area contributed by atoms with Crippen molar-refractivity contribution in [1.82, 2.24) is 9.97 Å². The van der Waals surface area contributed by atoms with Crippen LogP contribution in [0.5, 0.6) is 0 Å². The van der Waals surface area contributed by atoms with E-state index in [4.69, 9.17) is 4.98 Å². The molecule has 2 aromatic heterocycles. The number of rotatable bonds is 6. The highest BCUT2D eigenvalue weighted by Crippen LogP contribution is 2.44. The summed E-state index contributed by atoms with van der Waals surface area (Å²) < 4.78 is 0. The molecular formula is C36H28N4. The molecule has 0 saturated heterocycles. The minimum Gasteiger partial charge on any atom is -0.295 e. The number of aromatic nitrogens is 2. The molecule has 0 N–H and O–H groups in total. The second kappa shape index (κ2) is 10.2. The van der Waals surface area contributed by atoms with Crippen LogP contribution < -0.4 is 9.80 Å². The molecule has 1 aliphatic rings. The third kappa shape index (κ3) is 4.40. The van der Waals surface area contributed by atoms with Crippen LogP contribution in [0.25, 0.3) is 11.1 Å². The van der Waals surface area contributed by atoms with Crippen LogP contribution in [0, 0.1) is 6.92 Å². The molecule has 0 bridgehead atoms. The van der Waals surface area contributed by atoms with Crippen LogP contribution in [-0.4, -0.2) is 9.97 Å². The molecule has 2 heterocycles. The maximum Gasteiger partial charge on any atom is 0.137 e. The van der Waals surface area contributed by atoms with Gasteiger partial charge in [-0.25, -0.2) is 9.97 Å². The van der Waals surface area contributed by atoms with E-state index in [-0.39, 0.29) is 0 Å². The van der Waals surface area contributed by atoms with Gasteiger partial charge >= 0.3 is 0 Å². The molecule has 1 aliphatic carbocycles. The largest absolute Gasteiger partial charge is 0.295 e. The van der Waals surface area contributed by atoms with Gasteiger partial charge in [0.1, 0.15) is 11.6 Å². The molecule has 40 heavy (non-hydrogen) atoms. The van der Waals surface area contributed by atoms with Crippen molar-refractivity contribution < 1.29 is 0 Å². The van der Waals surface area contributed by atoms with Gasteiger partial charge in [-0.2, -0.15) is 0 Å². The molecule has 7 rings (SSSR count). The first-order valence-electron chi connectivity index (χ1n) is 13.5. The lowest BCUT2D eigenvalue weighted by atomic mass is 10.0. The number of para-hydroxylation sites is 1. The first kappa shape index (κ1) is 23.9. The molecule has 4 nitrogen and oxygen atoms in total. The quantitative estimate of drug-likeness (QED) is 0.220. The van der Waals surface area contributed by atoms with Crippen molar-refractivity contribution in [3.8, 4) is 11.1 Å². The van der Waals surface area contributed by atoms with E-state index in [1.165, 1.54) is 27.8 Å². The maximum absolute atomic E-state index is 4.69. The molecule has 0 spiro atoms. The van der Waals surface area contributed by atoms with Gasteiger partial charge in [0.05, 0.1) is 0 Å². The van der Waals surface area contributed by atoms with E-state index in [0.29, 0.717) is 0 Å². The predicted octanol–water partition coefficient (Wildman–Crippen LogP) is 9.30. The van der Waals surface area contributed by atoms with Crippen LogP contribution in [0.2, 0.25) is 0 Å². The predicted molar refractivity (Wildman–Crippen MR) is 164 cm³/mol. The van der Waals surface area contributed by atoms with Crippen LogP contribution in [0.15, 0.2) is 140 Å². The first-order valence-corrected chi connectivity index (χ1v) is 13.5. The standard InChI is InChI=1S/C36H28N4/c1-26-13-15-30(16-14-26)40(36-12-6-8-22-38-36)32-18-20-34-28(25-32)23-27-24-31(17-19-33(27)34)39(29-9-3-2-4-10-29)35-11-5-7-21-37-35/h2-22,24-25H,23H2,1H3. The normalized spacial score (nSPS) is 11.5. The van der Waals surface area contributed by atoms with E-state index in [2.05, 4.69) is 119 Å². The minimum absolute atomic E-state index is 0.876. The molecule has 0 unspecified atom stereocenters. The van der Waals surface area contributed by atoms with Gasteiger partial charge in [0.25, 0.3) is 0 Å². The fourth-order valence-electron chi connectivity index (χ4n) is 5.53. The van der Waals surface area contributed by atoms with Crippen LogP contribution >= 0.6 is 0 Å². The fourth-order valence-corrected chi connectivity index (χ4v) is 5.53. The van der Waals surface area contributed by atoms with Crippen LogP contribution in [0.4, 0.5) is 34.4 Å². The summed E-state index contributed by atoms with van der Waals surface area (Å²) in [6.07, 6.45) is 4.57. The molecule has 0 saturated carbocycles. The molecule has 4 heteroatoms. The Labute approximate surface area is 234 Å². The lowest BCUT2D eigenvalue weighted by molar-refractivity contribution is 1.16. The Hall–Kier alpha value is -5.22. The SMILES string of the molecule is Cc1ccc(N(c2ccc3c(c2)Cc2cc(N(c4ccccc4)c4ccccn4)ccc2-3)c2ccccn2)cc1. The average molecular weight is 517 g/mol. The highest BCUT2D eigenvalue weighted by atomic mass is 15.2. The number of hydrogen-bond acceptors (Lipinski definition) is 4. The number of nitrogens with zero attached hydrogens (tertiary/aromatic N) is 4. The van der Waals surface area contributed by atoms with E-state index < -0.39 is 0 Å². The summed E-state index contributed by atoms with van der Waals surface area (Å²) in [6, 6.07) is 44.7. The number of anilines is 6. The Balaban J connectivity index is 1.27. The van der Waals surface area contributed by atoms with Crippen molar-refractivity contribution in [2.24, 2.45) is 0 Å². The van der Waals surface area contributed by atoms with Crippen LogP contribution in [0.1, 0.15) is 16.7 Å². The van der Waals surface area contributed by atoms with Crippen molar-refractivity contribution in [3.05, 3.63) is 156 Å². The van der Waals surface area contributed by atoms with Crippen LogP contribution in [-0.2, 0) is 6.42 Å². The topological polar surface area (TPSA) is 32.3 Å². The summed E-state index contributed by atoms with van der Waals surface area (Å²) in [5.74, 6) is 1.80. The smallest absolute Gasteiger partial charge is 0.137 e. The number of aryl methyl sites for hydroxylation is 1. The summed E-state index contributed by atoms with van der Waals surface area (Å²) >= 11 is 0. The summed E-state index contributed by atoms with van der Waals surface area (Å²) in [5.41, 5.74) is 10.8. The van der Waals surface area contributed by atoms with Gasteiger partial charge in [-0.05, 0) is 108 Å². The van der Waals surface area contributed by atoms with Crippen molar-refractivity contribution >= 4 is 34.4 Å². The zero-order valence-corrected chi connectivity index (χ0v) is 22.3. The lowest BCUT2D eigenvalue weighted by Crippen LogP contribution is -2.11. The minimum atomic E-state index is 0.876. The highest BCUT2D eigenvalue weighted by Gasteiger charge is 2.23. The van der Waals surface area contributed by atoms with E-state index >= 15 is 0 Å². The van der Waals surface area contributed by atoms with Crippen molar-refractivity contribution in [2.75, 3.05) is 9.80 Å². The van der Waals surface area contributed by atoms with E-state index in [1.807, 2.05) is 42.7 Å². The Morgan fingerprint density at radius 3 is 1.45 bits per heavy atom. The second-order valence-corrected chi connectivity index (χ2v) is 10.1. The van der Waals surface area contributed by atoms with E-state index in [0.717, 1.165) is 40.8 Å². The van der Waals surface area contributed by atoms with Gasteiger partial charge in [-0.1, -0.05) is 60.2 Å². The fraction of sp³-hybridized carbons (Fsp3) is 0.0556. The summed E-state index contributed by atoms with van der Waals surface area (Å²) in [5, 5.41) is 0. The Morgan fingerprint density at radius 2 is 0.950 bits per heavy atom. The van der Waals surface area contributed by atoms with Gasteiger partial charge in [0.2, 0.25) is 0 Å². The third-order valence-corrected chi connectivity index (χ3v) is 7.43. The molecule has 0 fully saturated rings. The van der Waals surface area contributed by atoms with Gasteiger partial charge in [-0.15, -0.1) is 0 Å². The number of hydrogen-bond donors (Lipinski definition) is 0. The first-order chi connectivity index (χ1) is 19.7. The third-order valence-electron chi connectivity index (χ3n) is 7.43. The summed E-state index contributed by atoms with van der Waals surface area (Å²) in [6.45, 7) is 2.11. The van der Waals surface area contributed by atoms with Gasteiger partial charge in [0, 0.05) is 35.1 Å². The Kier molecular flexibility index (Phi) is 6.06. The molecule has 6 aromatic rings. The molecule has 0 amide bonds. The Morgan fingerprint density at radius 1 is 0.475 bits per heavy atom. The number of fused-ring (bicyclic) bond motifs is 3. The molecule has 0 radical (unpaired) electrons. The van der Waals surface area contributed by atoms with Gasteiger partial charge in [-0.3, -0.25) is 9.80 Å². The summed E-state index contributed by atoms with van der Waals surface area (Å²) in [4.78, 5) is 13.8. The van der Waals surface area contributed by atoms with Gasteiger partial charge < -0.3 is 0 Å². The second-order valence-electron chi connectivity index (χ2n) is 10.1. The maximum atomic E-state index is 4.69. The Bertz CT molecular complexity index is 1730. The average Bonchev–Trinajstić information content (AvgIpc) is 3.37. The van der Waals surface area contributed by atoms with E-state index in [9.17, 15) is 0 Å². The number of pyridine rings is 2. The van der Waals surface area contributed by atoms with Crippen molar-refractivity contribution in [1.29, 1.82) is 0 Å². The zero-order valence-electron chi connectivity index (χ0n) is 22.3. The van der Waals surface area contributed by atoms with Gasteiger partial charge in [0.15, 0.2) is 0 Å². The molecular weight excluding hydrogens is 488 g/mol. The molecule has 4 aromatic carbocycles. The molecule has 192 valence electrons. The summed E-state index contributed by atoms with van der Waals surface area (Å²) in [7, 11) is 0. The van der Waals surface area contributed by atoms with E-state index in [1.54, 1.807) is 0 Å². The zero-order chi connectivity index (χ0) is 26.9. The van der Waals surface area contributed by atoms with Crippen molar-refractivity contribution in [3.63, 3.8) is 0 Å². The van der Waals surface area contributed by atoms with Crippen LogP contribution in [0.3, 0.4) is 0 Å². The lowest BCUT2D eigenvalue weighted by Gasteiger charge is -2.25. The number of benzene rings is 4. The van der Waals surface area contributed by atoms with Crippen molar-refractivity contribution in [2.45, 2.75) is 13.3 Å². The monoisotopic (exact) mass is 516 g/mol. The molecule has 0 atom stereocenters.